The number of nitrogens with two attached hydrogens (primary N) is 1. The molecule has 0 aliphatic rings. The number of nitrogen functional groups attached to an aromatic ring is 1. The Morgan fingerprint density at radius 2 is 2.29 bits per heavy atom. The topological polar surface area (TPSA) is 35.2 Å². The first-order valence-electron chi connectivity index (χ1n) is 4.41. The maximum atomic E-state index is 5.76. The van der Waals surface area contributed by atoms with E-state index < -0.39 is 0 Å². The number of ether oxygens (including phenoxy) is 1. The number of rotatable bonds is 5. The Balaban J connectivity index is 2.42. The molecule has 0 saturated heterocycles. The average molecular weight is 232 g/mol. The van der Waals surface area contributed by atoms with Crippen LogP contribution >= 0.6 is 23.4 Å². The molecular formula is C10H14ClNOS. The quantitative estimate of drug-likeness (QED) is 0.625. The van der Waals surface area contributed by atoms with E-state index in [0.29, 0.717) is 17.3 Å². The van der Waals surface area contributed by atoms with Gasteiger partial charge >= 0.3 is 0 Å². The van der Waals surface area contributed by atoms with Crippen molar-refractivity contribution < 1.29 is 4.74 Å². The summed E-state index contributed by atoms with van der Waals surface area (Å²) in [5.74, 6) is 1.82. The smallest absolute Gasteiger partial charge is 0.142 e. The fourth-order valence-electron chi connectivity index (χ4n) is 1.04. The largest absolute Gasteiger partial charge is 0.491 e. The number of benzene rings is 1. The van der Waals surface area contributed by atoms with Crippen LogP contribution in [-0.2, 0) is 0 Å². The van der Waals surface area contributed by atoms with Crippen LogP contribution in [0.2, 0.25) is 5.02 Å². The molecule has 0 aromatic heterocycles. The number of hydrogen-bond acceptors (Lipinski definition) is 3. The fraction of sp³-hybridized carbons (Fsp3) is 0.400. The molecule has 0 bridgehead atoms. The van der Waals surface area contributed by atoms with Crippen LogP contribution in [0.4, 0.5) is 5.69 Å². The third-order valence-corrected chi connectivity index (χ3v) is 2.65. The van der Waals surface area contributed by atoms with Crippen molar-refractivity contribution >= 4 is 29.1 Å². The molecular weight excluding hydrogens is 218 g/mol. The van der Waals surface area contributed by atoms with E-state index in [1.807, 2.05) is 11.8 Å². The van der Waals surface area contributed by atoms with Crippen LogP contribution < -0.4 is 10.5 Å². The Kier molecular flexibility index (Phi) is 4.98. The van der Waals surface area contributed by atoms with Gasteiger partial charge in [-0.1, -0.05) is 11.6 Å². The lowest BCUT2D eigenvalue weighted by Gasteiger charge is -2.08. The van der Waals surface area contributed by atoms with Gasteiger partial charge in [0, 0.05) is 5.02 Å². The highest BCUT2D eigenvalue weighted by Crippen LogP contribution is 2.24. The van der Waals surface area contributed by atoms with Gasteiger partial charge in [0.05, 0.1) is 12.3 Å². The molecule has 14 heavy (non-hydrogen) atoms. The van der Waals surface area contributed by atoms with Crippen molar-refractivity contribution in [3.63, 3.8) is 0 Å². The summed E-state index contributed by atoms with van der Waals surface area (Å²) in [5, 5.41) is 0.638. The third kappa shape index (κ3) is 3.68. The molecule has 0 atom stereocenters. The van der Waals surface area contributed by atoms with E-state index in [0.717, 1.165) is 17.9 Å². The van der Waals surface area contributed by atoms with Gasteiger partial charge in [-0.2, -0.15) is 11.8 Å². The van der Waals surface area contributed by atoms with Crippen LogP contribution in [0.3, 0.4) is 0 Å². The zero-order valence-electron chi connectivity index (χ0n) is 8.13. The van der Waals surface area contributed by atoms with Gasteiger partial charge in [-0.25, -0.2) is 0 Å². The zero-order chi connectivity index (χ0) is 10.4. The molecule has 0 saturated carbocycles. The van der Waals surface area contributed by atoms with Crippen molar-refractivity contribution in [3.8, 4) is 5.75 Å². The van der Waals surface area contributed by atoms with Crippen molar-refractivity contribution in [1.82, 2.24) is 0 Å². The first-order valence-corrected chi connectivity index (χ1v) is 6.18. The highest BCUT2D eigenvalue weighted by Gasteiger charge is 2.00. The van der Waals surface area contributed by atoms with E-state index in [1.165, 1.54) is 0 Å². The van der Waals surface area contributed by atoms with Crippen LogP contribution in [0.1, 0.15) is 6.42 Å². The van der Waals surface area contributed by atoms with Gasteiger partial charge in [0.15, 0.2) is 0 Å². The average Bonchev–Trinajstić information content (AvgIpc) is 2.15. The standard InChI is InChI=1S/C10H14ClNOS/c1-14-6-2-5-13-10-4-3-8(11)7-9(10)12/h3-4,7H,2,5-6,12H2,1H3. The predicted octanol–water partition coefficient (Wildman–Crippen LogP) is 3.05. The van der Waals surface area contributed by atoms with Crippen LogP contribution in [0.25, 0.3) is 0 Å². The number of anilines is 1. The summed E-state index contributed by atoms with van der Waals surface area (Å²) < 4.78 is 5.50. The van der Waals surface area contributed by atoms with Crippen molar-refractivity contribution in [3.05, 3.63) is 23.2 Å². The van der Waals surface area contributed by atoms with Gasteiger partial charge in [0.2, 0.25) is 0 Å². The van der Waals surface area contributed by atoms with Gasteiger partial charge in [-0.05, 0) is 36.6 Å². The molecule has 0 amide bonds. The van der Waals surface area contributed by atoms with Gasteiger partial charge in [-0.3, -0.25) is 0 Å². The van der Waals surface area contributed by atoms with Crippen LogP contribution in [0.15, 0.2) is 18.2 Å². The second kappa shape index (κ2) is 6.04. The Morgan fingerprint density at radius 3 is 2.93 bits per heavy atom. The van der Waals surface area contributed by atoms with Crippen molar-refractivity contribution in [2.24, 2.45) is 0 Å². The van der Waals surface area contributed by atoms with E-state index in [9.17, 15) is 0 Å². The van der Waals surface area contributed by atoms with Gasteiger partial charge in [-0.15, -0.1) is 0 Å². The lowest BCUT2D eigenvalue weighted by atomic mass is 10.3. The summed E-state index contributed by atoms with van der Waals surface area (Å²) in [5.41, 5.74) is 6.32. The molecule has 0 heterocycles. The zero-order valence-corrected chi connectivity index (χ0v) is 9.70. The monoisotopic (exact) mass is 231 g/mol. The second-order valence-corrected chi connectivity index (χ2v) is 4.30. The normalized spacial score (nSPS) is 10.1. The lowest BCUT2D eigenvalue weighted by Crippen LogP contribution is -2.01. The fourth-order valence-corrected chi connectivity index (χ4v) is 1.62. The Hall–Kier alpha value is -0.540. The summed E-state index contributed by atoms with van der Waals surface area (Å²) in [6.07, 6.45) is 3.11. The first kappa shape index (κ1) is 11.5. The van der Waals surface area contributed by atoms with Crippen LogP contribution in [0.5, 0.6) is 5.75 Å². The van der Waals surface area contributed by atoms with Gasteiger partial charge < -0.3 is 10.5 Å². The minimum absolute atomic E-state index is 0.599. The molecule has 1 rings (SSSR count). The molecule has 2 nitrogen and oxygen atoms in total. The lowest BCUT2D eigenvalue weighted by molar-refractivity contribution is 0.320. The summed E-state index contributed by atoms with van der Waals surface area (Å²) in [6.45, 7) is 0.701. The Bertz CT molecular complexity index is 293. The van der Waals surface area contributed by atoms with Crippen molar-refractivity contribution in [2.45, 2.75) is 6.42 Å². The van der Waals surface area contributed by atoms with E-state index >= 15 is 0 Å². The predicted molar refractivity (Wildman–Crippen MR) is 64.4 cm³/mol. The maximum Gasteiger partial charge on any atom is 0.142 e. The maximum absolute atomic E-state index is 5.76. The molecule has 1 aromatic carbocycles. The molecule has 4 heteroatoms. The Morgan fingerprint density at radius 1 is 1.50 bits per heavy atom. The van der Waals surface area contributed by atoms with E-state index in [2.05, 4.69) is 6.26 Å². The molecule has 0 unspecified atom stereocenters. The van der Waals surface area contributed by atoms with Crippen molar-refractivity contribution in [1.29, 1.82) is 0 Å². The molecule has 2 N–H and O–H groups in total. The van der Waals surface area contributed by atoms with Gasteiger partial charge in [0.1, 0.15) is 5.75 Å². The SMILES string of the molecule is CSCCCOc1ccc(Cl)cc1N. The summed E-state index contributed by atoms with van der Waals surface area (Å²) in [4.78, 5) is 0. The van der Waals surface area contributed by atoms with Crippen LogP contribution in [0, 0.1) is 0 Å². The molecule has 0 spiro atoms. The molecule has 0 fully saturated rings. The van der Waals surface area contributed by atoms with Gasteiger partial charge in [0.25, 0.3) is 0 Å². The minimum Gasteiger partial charge on any atom is -0.491 e. The molecule has 0 radical (unpaired) electrons. The number of thioether (sulfide) groups is 1. The number of hydrogen-bond donors (Lipinski definition) is 1. The van der Waals surface area contributed by atoms with E-state index in [-0.39, 0.29) is 0 Å². The highest BCUT2D eigenvalue weighted by molar-refractivity contribution is 7.98. The van der Waals surface area contributed by atoms with E-state index in [4.69, 9.17) is 22.1 Å². The number of halogens is 1. The molecule has 1 aromatic rings. The second-order valence-electron chi connectivity index (χ2n) is 2.88. The summed E-state index contributed by atoms with van der Waals surface area (Å²) in [7, 11) is 0. The molecule has 78 valence electrons. The molecule has 0 aliphatic heterocycles. The first-order chi connectivity index (χ1) is 6.74. The summed E-state index contributed by atoms with van der Waals surface area (Å²) in [6, 6.07) is 5.28. The minimum atomic E-state index is 0.599. The third-order valence-electron chi connectivity index (χ3n) is 1.72. The van der Waals surface area contributed by atoms with Crippen molar-refractivity contribution in [2.75, 3.05) is 24.3 Å². The summed E-state index contributed by atoms with van der Waals surface area (Å²) >= 11 is 7.57. The molecule has 0 aliphatic carbocycles. The van der Waals surface area contributed by atoms with E-state index in [1.54, 1.807) is 18.2 Å². The Labute approximate surface area is 93.8 Å². The highest BCUT2D eigenvalue weighted by atomic mass is 35.5. The van der Waals surface area contributed by atoms with Crippen LogP contribution in [-0.4, -0.2) is 18.6 Å².